The van der Waals surface area contributed by atoms with Gasteiger partial charge in [-0.1, -0.05) is 36.4 Å². The van der Waals surface area contributed by atoms with Gasteiger partial charge < -0.3 is 9.88 Å². The quantitative estimate of drug-likeness (QED) is 0.635. The number of H-pyrrole nitrogens is 1. The van der Waals surface area contributed by atoms with E-state index in [1.165, 1.54) is 27.0 Å². The molecule has 0 bridgehead atoms. The second-order valence-electron chi connectivity index (χ2n) is 7.19. The average molecular weight is 410 g/mol. The normalized spacial score (nSPS) is 14.2. The number of rotatable bonds is 6. The Morgan fingerprint density at radius 1 is 1.10 bits per heavy atom. The Hall–Kier alpha value is -2.93. The molecule has 0 spiro atoms. The summed E-state index contributed by atoms with van der Waals surface area (Å²) in [6.45, 7) is 1.69. The van der Waals surface area contributed by atoms with Crippen LogP contribution in [0.1, 0.15) is 31.2 Å². The van der Waals surface area contributed by atoms with Crippen molar-refractivity contribution >= 4 is 33.0 Å². The van der Waals surface area contributed by atoms with Crippen molar-refractivity contribution in [2.24, 2.45) is 0 Å². The first-order valence-corrected chi connectivity index (χ1v) is 10.7. The maximum atomic E-state index is 12.5. The highest BCUT2D eigenvalue weighted by Gasteiger charge is 2.17. The highest BCUT2D eigenvalue weighted by molar-refractivity contribution is 7.17. The number of benzene rings is 1. The molecule has 1 aromatic carbocycles. The van der Waals surface area contributed by atoms with Crippen molar-refractivity contribution in [3.05, 3.63) is 74.3 Å². The van der Waals surface area contributed by atoms with Crippen LogP contribution in [-0.4, -0.2) is 33.4 Å². The SMILES string of the molecule is O=C(CCCCn1c(=O)[nH]c2ccsc2c1=O)N1CC=C(c2ccccc2)CC1. The van der Waals surface area contributed by atoms with Crippen molar-refractivity contribution in [1.82, 2.24) is 14.5 Å². The number of unbranched alkanes of at least 4 members (excludes halogenated alkanes) is 1. The summed E-state index contributed by atoms with van der Waals surface area (Å²) in [7, 11) is 0. The fraction of sp³-hybridized carbons (Fsp3) is 0.318. The van der Waals surface area contributed by atoms with Crippen molar-refractivity contribution in [1.29, 1.82) is 0 Å². The largest absolute Gasteiger partial charge is 0.339 e. The maximum absolute atomic E-state index is 12.5. The van der Waals surface area contributed by atoms with Crippen LogP contribution in [0, 0.1) is 0 Å². The molecule has 0 fully saturated rings. The Bertz CT molecular complexity index is 1160. The fourth-order valence-electron chi connectivity index (χ4n) is 3.69. The third kappa shape index (κ3) is 4.24. The van der Waals surface area contributed by atoms with Crippen molar-refractivity contribution in [2.75, 3.05) is 13.1 Å². The molecular weight excluding hydrogens is 386 g/mol. The van der Waals surface area contributed by atoms with E-state index in [9.17, 15) is 14.4 Å². The van der Waals surface area contributed by atoms with Gasteiger partial charge in [-0.25, -0.2) is 4.79 Å². The Kier molecular flexibility index (Phi) is 5.76. The van der Waals surface area contributed by atoms with Gasteiger partial charge in [0.2, 0.25) is 5.91 Å². The lowest BCUT2D eigenvalue weighted by molar-refractivity contribution is -0.130. The number of carbonyl (C=O) groups is 1. The minimum atomic E-state index is -0.387. The van der Waals surface area contributed by atoms with Crippen LogP contribution < -0.4 is 11.2 Å². The third-order valence-electron chi connectivity index (χ3n) is 5.32. The van der Waals surface area contributed by atoms with Gasteiger partial charge >= 0.3 is 5.69 Å². The first-order chi connectivity index (χ1) is 14.1. The lowest BCUT2D eigenvalue weighted by atomic mass is 9.99. The Morgan fingerprint density at radius 3 is 2.69 bits per heavy atom. The molecule has 0 aliphatic carbocycles. The van der Waals surface area contributed by atoms with Crippen LogP contribution in [0.5, 0.6) is 0 Å². The minimum Gasteiger partial charge on any atom is -0.339 e. The molecule has 1 aliphatic heterocycles. The Balaban J connectivity index is 1.29. The summed E-state index contributed by atoms with van der Waals surface area (Å²) < 4.78 is 1.80. The van der Waals surface area contributed by atoms with Crippen LogP contribution in [0.25, 0.3) is 15.8 Å². The number of nitrogens with zero attached hydrogens (tertiary/aromatic N) is 2. The number of fused-ring (bicyclic) bond motifs is 1. The molecule has 0 saturated carbocycles. The molecule has 1 amide bonds. The summed E-state index contributed by atoms with van der Waals surface area (Å²) in [5, 5.41) is 1.79. The van der Waals surface area contributed by atoms with Gasteiger partial charge in [0.25, 0.3) is 5.56 Å². The summed E-state index contributed by atoms with van der Waals surface area (Å²) in [5.74, 6) is 0.128. The molecule has 1 aliphatic rings. The number of hydrogen-bond acceptors (Lipinski definition) is 4. The number of aromatic amines is 1. The molecule has 4 rings (SSSR count). The first-order valence-electron chi connectivity index (χ1n) is 9.86. The lowest BCUT2D eigenvalue weighted by Gasteiger charge is -2.26. The third-order valence-corrected chi connectivity index (χ3v) is 6.22. The molecule has 6 nitrogen and oxygen atoms in total. The predicted octanol–water partition coefficient (Wildman–Crippen LogP) is 3.24. The number of aromatic nitrogens is 2. The van der Waals surface area contributed by atoms with Gasteiger partial charge in [0, 0.05) is 26.1 Å². The molecule has 0 atom stereocenters. The molecule has 7 heteroatoms. The highest BCUT2D eigenvalue weighted by atomic mass is 32.1. The van der Waals surface area contributed by atoms with E-state index in [1.807, 2.05) is 23.1 Å². The van der Waals surface area contributed by atoms with Crippen LogP contribution in [0.15, 0.2) is 57.4 Å². The number of carbonyl (C=O) groups excluding carboxylic acids is 1. The van der Waals surface area contributed by atoms with Crippen molar-refractivity contribution in [2.45, 2.75) is 32.2 Å². The van der Waals surface area contributed by atoms with Gasteiger partial charge in [-0.05, 0) is 41.8 Å². The van der Waals surface area contributed by atoms with Crippen molar-refractivity contribution in [3.63, 3.8) is 0 Å². The smallest absolute Gasteiger partial charge is 0.328 e. The Labute approximate surface area is 172 Å². The van der Waals surface area contributed by atoms with Gasteiger partial charge in [-0.2, -0.15) is 0 Å². The molecule has 0 radical (unpaired) electrons. The van der Waals surface area contributed by atoms with E-state index in [2.05, 4.69) is 23.2 Å². The molecule has 29 heavy (non-hydrogen) atoms. The number of amides is 1. The Morgan fingerprint density at radius 2 is 1.93 bits per heavy atom. The maximum Gasteiger partial charge on any atom is 0.328 e. The van der Waals surface area contributed by atoms with Crippen LogP contribution >= 0.6 is 11.3 Å². The van der Waals surface area contributed by atoms with E-state index in [0.717, 1.165) is 13.0 Å². The molecule has 3 heterocycles. The molecule has 0 unspecified atom stereocenters. The molecule has 1 N–H and O–H groups in total. The summed E-state index contributed by atoms with van der Waals surface area (Å²) in [5.41, 5.74) is 2.46. The molecular formula is C22H23N3O3S. The van der Waals surface area contributed by atoms with E-state index in [4.69, 9.17) is 0 Å². The molecule has 150 valence electrons. The van der Waals surface area contributed by atoms with E-state index in [0.29, 0.717) is 42.6 Å². The summed E-state index contributed by atoms with van der Waals surface area (Å²) in [4.78, 5) is 41.6. The second-order valence-corrected chi connectivity index (χ2v) is 8.11. The zero-order valence-corrected chi connectivity index (χ0v) is 16.9. The summed E-state index contributed by atoms with van der Waals surface area (Å²) >= 11 is 1.33. The predicted molar refractivity (Wildman–Crippen MR) is 116 cm³/mol. The van der Waals surface area contributed by atoms with Gasteiger partial charge in [0.05, 0.1) is 5.52 Å². The average Bonchev–Trinajstić information content (AvgIpc) is 3.22. The van der Waals surface area contributed by atoms with Gasteiger partial charge in [-0.15, -0.1) is 11.3 Å². The highest BCUT2D eigenvalue weighted by Crippen LogP contribution is 2.22. The number of nitrogens with one attached hydrogen (secondary N) is 1. The van der Waals surface area contributed by atoms with Gasteiger partial charge in [0.1, 0.15) is 4.70 Å². The first kappa shape index (κ1) is 19.4. The summed E-state index contributed by atoms with van der Waals surface area (Å²) in [6, 6.07) is 12.0. The monoisotopic (exact) mass is 409 g/mol. The molecule has 3 aromatic rings. The minimum absolute atomic E-state index is 0.128. The second kappa shape index (κ2) is 8.61. The standard InChI is InChI=1S/C22H23N3O3S/c26-19(24-13-9-17(10-14-24)16-6-2-1-3-7-16)8-4-5-12-25-21(27)20-18(11-15-29-20)23-22(25)28/h1-3,6-7,9,11,15H,4-5,8,10,12-14H2,(H,23,28). The zero-order valence-electron chi connectivity index (χ0n) is 16.1. The van der Waals surface area contributed by atoms with Crippen molar-refractivity contribution < 1.29 is 4.79 Å². The number of thiophene rings is 1. The fourth-order valence-corrected chi connectivity index (χ4v) is 4.49. The number of hydrogen-bond donors (Lipinski definition) is 1. The van der Waals surface area contributed by atoms with E-state index < -0.39 is 0 Å². The van der Waals surface area contributed by atoms with Crippen molar-refractivity contribution in [3.8, 4) is 0 Å². The molecule has 2 aromatic heterocycles. The zero-order chi connectivity index (χ0) is 20.2. The van der Waals surface area contributed by atoms with Gasteiger partial charge in [0.15, 0.2) is 0 Å². The lowest BCUT2D eigenvalue weighted by Crippen LogP contribution is -2.35. The van der Waals surface area contributed by atoms with Crippen LogP contribution in [0.3, 0.4) is 0 Å². The van der Waals surface area contributed by atoms with E-state index >= 15 is 0 Å². The topological polar surface area (TPSA) is 75.2 Å². The summed E-state index contributed by atoms with van der Waals surface area (Å²) in [6.07, 6.45) is 4.69. The van der Waals surface area contributed by atoms with Crippen LogP contribution in [-0.2, 0) is 11.3 Å². The van der Waals surface area contributed by atoms with E-state index in [-0.39, 0.29) is 17.2 Å². The van der Waals surface area contributed by atoms with Crippen LogP contribution in [0.2, 0.25) is 0 Å². The van der Waals surface area contributed by atoms with Gasteiger partial charge in [-0.3, -0.25) is 14.2 Å². The van der Waals surface area contributed by atoms with E-state index in [1.54, 1.807) is 11.4 Å². The van der Waals surface area contributed by atoms with Crippen LogP contribution in [0.4, 0.5) is 0 Å². The molecule has 0 saturated heterocycles.